The van der Waals surface area contributed by atoms with Crippen LogP contribution in [0, 0.1) is 5.92 Å². The summed E-state index contributed by atoms with van der Waals surface area (Å²) in [5.41, 5.74) is 0. The third kappa shape index (κ3) is 4.75. The third-order valence-corrected chi connectivity index (χ3v) is 3.87. The van der Waals surface area contributed by atoms with E-state index in [4.69, 9.17) is 14.2 Å². The maximum atomic E-state index is 12.3. The summed E-state index contributed by atoms with van der Waals surface area (Å²) < 4.78 is 15.9. The van der Waals surface area contributed by atoms with Crippen LogP contribution >= 0.6 is 0 Å². The Hall–Kier alpha value is -2.50. The quantitative estimate of drug-likeness (QED) is 0.564. The number of rotatable bonds is 7. The van der Waals surface area contributed by atoms with Gasteiger partial charge in [-0.3, -0.25) is 9.59 Å². The summed E-state index contributed by atoms with van der Waals surface area (Å²) >= 11 is 0. The molecule has 24 heavy (non-hydrogen) atoms. The van der Waals surface area contributed by atoms with E-state index < -0.39 is 0 Å². The number of benzene rings is 1. The Morgan fingerprint density at radius 3 is 2.67 bits per heavy atom. The fourth-order valence-electron chi connectivity index (χ4n) is 2.63. The number of likely N-dealkylation sites (tertiary alicyclic amines) is 1. The first-order chi connectivity index (χ1) is 11.7. The lowest BCUT2D eigenvalue weighted by atomic mass is 9.98. The Bertz CT molecular complexity index is 587. The highest BCUT2D eigenvalue weighted by Gasteiger charge is 2.29. The predicted octanol–water partition coefficient (Wildman–Crippen LogP) is 2.04. The van der Waals surface area contributed by atoms with Gasteiger partial charge < -0.3 is 19.1 Å². The highest BCUT2D eigenvalue weighted by atomic mass is 16.5. The van der Waals surface area contributed by atoms with Crippen LogP contribution in [-0.2, 0) is 14.3 Å². The number of methoxy groups -OCH3 is 1. The number of carbonyl (C=O) groups excluding carboxylic acids is 2. The molecule has 0 radical (unpaired) electrons. The van der Waals surface area contributed by atoms with Gasteiger partial charge >= 0.3 is 5.97 Å². The summed E-state index contributed by atoms with van der Waals surface area (Å²) in [6, 6.07) is 7.17. The molecule has 0 aromatic heterocycles. The predicted molar refractivity (Wildman–Crippen MR) is 88.9 cm³/mol. The maximum absolute atomic E-state index is 12.3. The van der Waals surface area contributed by atoms with Crippen molar-refractivity contribution >= 4 is 11.9 Å². The van der Waals surface area contributed by atoms with Crippen molar-refractivity contribution in [3.63, 3.8) is 0 Å². The van der Waals surface area contributed by atoms with Crippen molar-refractivity contribution in [2.45, 2.75) is 12.8 Å². The van der Waals surface area contributed by atoms with Crippen LogP contribution < -0.4 is 9.47 Å². The molecule has 1 unspecified atom stereocenters. The van der Waals surface area contributed by atoms with Crippen LogP contribution in [-0.4, -0.2) is 50.2 Å². The summed E-state index contributed by atoms with van der Waals surface area (Å²) in [4.78, 5) is 25.6. The Labute approximate surface area is 142 Å². The van der Waals surface area contributed by atoms with Crippen molar-refractivity contribution in [2.24, 2.45) is 5.92 Å². The van der Waals surface area contributed by atoms with Crippen molar-refractivity contribution in [3.05, 3.63) is 36.9 Å². The zero-order valence-corrected chi connectivity index (χ0v) is 13.9. The van der Waals surface area contributed by atoms with Crippen LogP contribution in [0.15, 0.2) is 36.9 Å². The third-order valence-electron chi connectivity index (χ3n) is 3.87. The van der Waals surface area contributed by atoms with Crippen molar-refractivity contribution in [3.8, 4) is 11.5 Å². The molecule has 1 fully saturated rings. The number of esters is 1. The first-order valence-electron chi connectivity index (χ1n) is 7.96. The number of hydrogen-bond acceptors (Lipinski definition) is 5. The second-order valence-corrected chi connectivity index (χ2v) is 5.54. The van der Waals surface area contributed by atoms with Gasteiger partial charge in [0.15, 0.2) is 18.1 Å². The molecule has 0 N–H and O–H groups in total. The normalized spacial score (nSPS) is 17.0. The second-order valence-electron chi connectivity index (χ2n) is 5.54. The smallest absolute Gasteiger partial charge is 0.310 e. The molecular formula is C18H23NO5. The van der Waals surface area contributed by atoms with Gasteiger partial charge in [0.05, 0.1) is 13.0 Å². The molecule has 130 valence electrons. The minimum Gasteiger partial charge on any atom is -0.486 e. The maximum Gasteiger partial charge on any atom is 0.310 e. The van der Waals surface area contributed by atoms with Crippen LogP contribution in [0.1, 0.15) is 12.8 Å². The summed E-state index contributed by atoms with van der Waals surface area (Å²) in [6.45, 7) is 4.88. The average Bonchev–Trinajstić information content (AvgIpc) is 2.64. The molecular weight excluding hydrogens is 310 g/mol. The van der Waals surface area contributed by atoms with E-state index in [1.807, 2.05) is 12.1 Å². The minimum absolute atomic E-state index is 0.0949. The molecule has 0 aliphatic carbocycles. The van der Waals surface area contributed by atoms with E-state index in [0.29, 0.717) is 31.2 Å². The van der Waals surface area contributed by atoms with Crippen molar-refractivity contribution < 1.29 is 23.8 Å². The summed E-state index contributed by atoms with van der Waals surface area (Å²) in [6.07, 6.45) is 3.17. The van der Waals surface area contributed by atoms with E-state index in [0.717, 1.165) is 12.8 Å². The van der Waals surface area contributed by atoms with Crippen LogP contribution in [0.4, 0.5) is 0 Å². The molecule has 6 heteroatoms. The molecule has 1 aliphatic heterocycles. The van der Waals surface area contributed by atoms with Crippen molar-refractivity contribution in [1.29, 1.82) is 0 Å². The van der Waals surface area contributed by atoms with Gasteiger partial charge in [0.2, 0.25) is 0 Å². The molecule has 1 saturated heterocycles. The Morgan fingerprint density at radius 2 is 2.00 bits per heavy atom. The number of para-hydroxylation sites is 2. The molecule has 0 saturated carbocycles. The number of hydrogen-bond donors (Lipinski definition) is 0. The Kier molecular flexibility index (Phi) is 6.66. The number of amides is 1. The lowest BCUT2D eigenvalue weighted by Gasteiger charge is -2.31. The van der Waals surface area contributed by atoms with Gasteiger partial charge in [0.25, 0.3) is 5.91 Å². The largest absolute Gasteiger partial charge is 0.486 e. The van der Waals surface area contributed by atoms with Gasteiger partial charge in [-0.2, -0.15) is 0 Å². The van der Waals surface area contributed by atoms with E-state index in [-0.39, 0.29) is 24.4 Å². The molecule has 1 aromatic rings. The molecule has 1 aromatic carbocycles. The fraction of sp³-hybridized carbons (Fsp3) is 0.444. The lowest BCUT2D eigenvalue weighted by Crippen LogP contribution is -2.44. The molecule has 0 bridgehead atoms. The number of nitrogens with zero attached hydrogens (tertiary/aromatic N) is 1. The Balaban J connectivity index is 1.91. The lowest BCUT2D eigenvalue weighted by molar-refractivity contribution is -0.149. The zero-order valence-electron chi connectivity index (χ0n) is 13.9. The van der Waals surface area contributed by atoms with E-state index in [1.165, 1.54) is 7.11 Å². The molecule has 1 heterocycles. The topological polar surface area (TPSA) is 65.1 Å². The van der Waals surface area contributed by atoms with Gasteiger partial charge in [-0.05, 0) is 25.0 Å². The van der Waals surface area contributed by atoms with Gasteiger partial charge in [0.1, 0.15) is 6.61 Å². The van der Waals surface area contributed by atoms with E-state index in [1.54, 1.807) is 23.1 Å². The average molecular weight is 333 g/mol. The summed E-state index contributed by atoms with van der Waals surface area (Å²) in [7, 11) is 1.37. The molecule has 2 rings (SSSR count). The highest BCUT2D eigenvalue weighted by molar-refractivity contribution is 5.79. The monoisotopic (exact) mass is 333 g/mol. The summed E-state index contributed by atoms with van der Waals surface area (Å²) in [5.74, 6) is 0.403. The molecule has 1 amide bonds. The molecule has 1 atom stereocenters. The first-order valence-corrected chi connectivity index (χ1v) is 7.96. The molecule has 1 aliphatic rings. The Morgan fingerprint density at radius 1 is 1.29 bits per heavy atom. The van der Waals surface area contributed by atoms with Gasteiger partial charge in [0, 0.05) is 13.1 Å². The SMILES string of the molecule is C=CCOc1ccccc1OCC(=O)N1CCCC(C(=O)OC)C1. The summed E-state index contributed by atoms with van der Waals surface area (Å²) in [5, 5.41) is 0. The van der Waals surface area contributed by atoms with E-state index in [9.17, 15) is 9.59 Å². The van der Waals surface area contributed by atoms with E-state index in [2.05, 4.69) is 6.58 Å². The van der Waals surface area contributed by atoms with E-state index >= 15 is 0 Å². The van der Waals surface area contributed by atoms with Crippen LogP contribution in [0.3, 0.4) is 0 Å². The van der Waals surface area contributed by atoms with Crippen LogP contribution in [0.5, 0.6) is 11.5 Å². The van der Waals surface area contributed by atoms with Gasteiger partial charge in [-0.25, -0.2) is 0 Å². The van der Waals surface area contributed by atoms with Crippen molar-refractivity contribution in [2.75, 3.05) is 33.4 Å². The minimum atomic E-state index is -0.267. The van der Waals surface area contributed by atoms with Gasteiger partial charge in [-0.1, -0.05) is 24.8 Å². The zero-order chi connectivity index (χ0) is 17.4. The second kappa shape index (κ2) is 8.96. The van der Waals surface area contributed by atoms with Crippen LogP contribution in [0.2, 0.25) is 0 Å². The first kappa shape index (κ1) is 17.8. The van der Waals surface area contributed by atoms with Gasteiger partial charge in [-0.15, -0.1) is 0 Å². The number of piperidine rings is 1. The van der Waals surface area contributed by atoms with Crippen molar-refractivity contribution in [1.82, 2.24) is 4.90 Å². The highest BCUT2D eigenvalue weighted by Crippen LogP contribution is 2.26. The number of ether oxygens (including phenoxy) is 3. The molecule has 6 nitrogen and oxygen atoms in total. The molecule has 0 spiro atoms. The number of carbonyl (C=O) groups is 2. The van der Waals surface area contributed by atoms with Crippen LogP contribution in [0.25, 0.3) is 0 Å². The fourth-order valence-corrected chi connectivity index (χ4v) is 2.63. The standard InChI is InChI=1S/C18H23NO5/c1-3-11-23-15-8-4-5-9-16(15)24-13-17(20)19-10-6-7-14(12-19)18(21)22-2/h3-5,8-9,14H,1,6-7,10-13H2,2H3.